The van der Waals surface area contributed by atoms with Crippen molar-refractivity contribution in [3.8, 4) is 0 Å². The molecule has 0 fully saturated rings. The fourth-order valence-corrected chi connectivity index (χ4v) is 1.96. The number of aliphatic hydroxyl groups excluding tert-OH is 1. The van der Waals surface area contributed by atoms with E-state index in [-0.39, 0.29) is 23.0 Å². The third-order valence-electron chi connectivity index (χ3n) is 3.23. The molecule has 0 bridgehead atoms. The molecule has 0 aliphatic rings. The molecule has 0 saturated heterocycles. The summed E-state index contributed by atoms with van der Waals surface area (Å²) in [4.78, 5) is 10.5. The van der Waals surface area contributed by atoms with Crippen molar-refractivity contribution in [1.82, 2.24) is 0 Å². The SMILES string of the molecule is CCC(CC)(CO)Nc1c(Cl)cccc1[N+](=O)[O-]. The number of hydrogen-bond donors (Lipinski definition) is 2. The Morgan fingerprint density at radius 2 is 2.06 bits per heavy atom. The fourth-order valence-electron chi connectivity index (χ4n) is 1.74. The first-order valence-electron chi connectivity index (χ1n) is 5.81. The molecule has 2 N–H and O–H groups in total. The van der Waals surface area contributed by atoms with E-state index in [9.17, 15) is 15.2 Å². The summed E-state index contributed by atoms with van der Waals surface area (Å²) < 4.78 is 0. The van der Waals surface area contributed by atoms with Crippen molar-refractivity contribution >= 4 is 23.0 Å². The van der Waals surface area contributed by atoms with Crippen LogP contribution in [0, 0.1) is 10.1 Å². The van der Waals surface area contributed by atoms with E-state index < -0.39 is 10.5 Å². The van der Waals surface area contributed by atoms with Crippen molar-refractivity contribution in [3.05, 3.63) is 33.3 Å². The minimum Gasteiger partial charge on any atom is -0.394 e. The van der Waals surface area contributed by atoms with Gasteiger partial charge in [-0.1, -0.05) is 31.5 Å². The van der Waals surface area contributed by atoms with E-state index in [0.29, 0.717) is 12.8 Å². The van der Waals surface area contributed by atoms with Crippen molar-refractivity contribution < 1.29 is 10.0 Å². The van der Waals surface area contributed by atoms with Gasteiger partial charge in [0.25, 0.3) is 5.69 Å². The van der Waals surface area contributed by atoms with E-state index in [1.807, 2.05) is 13.8 Å². The van der Waals surface area contributed by atoms with E-state index >= 15 is 0 Å². The van der Waals surface area contributed by atoms with Crippen LogP contribution in [0.1, 0.15) is 26.7 Å². The van der Waals surface area contributed by atoms with Crippen LogP contribution in [0.3, 0.4) is 0 Å². The molecule has 5 nitrogen and oxygen atoms in total. The Morgan fingerprint density at radius 3 is 2.50 bits per heavy atom. The Kier molecular flexibility index (Phi) is 4.93. The largest absolute Gasteiger partial charge is 0.394 e. The number of halogens is 1. The first-order chi connectivity index (χ1) is 8.49. The van der Waals surface area contributed by atoms with Crippen LogP contribution in [0.15, 0.2) is 18.2 Å². The quantitative estimate of drug-likeness (QED) is 0.616. The fraction of sp³-hybridized carbons (Fsp3) is 0.500. The van der Waals surface area contributed by atoms with Gasteiger partial charge in [-0.25, -0.2) is 0 Å². The van der Waals surface area contributed by atoms with Crippen molar-refractivity contribution in [2.45, 2.75) is 32.2 Å². The Balaban J connectivity index is 3.20. The molecule has 0 aliphatic carbocycles. The summed E-state index contributed by atoms with van der Waals surface area (Å²) in [6, 6.07) is 4.51. The molecule has 0 radical (unpaired) electrons. The van der Waals surface area contributed by atoms with E-state index in [1.165, 1.54) is 12.1 Å². The molecule has 0 amide bonds. The van der Waals surface area contributed by atoms with Gasteiger partial charge >= 0.3 is 0 Å². The van der Waals surface area contributed by atoms with Crippen LogP contribution in [-0.2, 0) is 0 Å². The molecule has 100 valence electrons. The number of hydrogen-bond acceptors (Lipinski definition) is 4. The zero-order valence-corrected chi connectivity index (χ0v) is 11.2. The zero-order valence-electron chi connectivity index (χ0n) is 10.4. The standard InChI is InChI=1S/C12H17ClN2O3/c1-3-12(4-2,8-16)14-11-9(13)6-5-7-10(11)15(17)18/h5-7,14,16H,3-4,8H2,1-2H3. The van der Waals surface area contributed by atoms with Crippen LogP contribution in [0.5, 0.6) is 0 Å². The summed E-state index contributed by atoms with van der Waals surface area (Å²) in [6.07, 6.45) is 1.28. The van der Waals surface area contributed by atoms with Crippen molar-refractivity contribution in [2.75, 3.05) is 11.9 Å². The van der Waals surface area contributed by atoms with E-state index in [0.717, 1.165) is 0 Å². The summed E-state index contributed by atoms with van der Waals surface area (Å²) in [5, 5.41) is 23.8. The minimum atomic E-state index is -0.588. The number of nitro benzene ring substituents is 1. The molecule has 0 saturated carbocycles. The summed E-state index contributed by atoms with van der Waals surface area (Å²) in [7, 11) is 0. The van der Waals surface area contributed by atoms with Gasteiger partial charge in [-0.15, -0.1) is 0 Å². The lowest BCUT2D eigenvalue weighted by Gasteiger charge is -2.32. The topological polar surface area (TPSA) is 75.4 Å². The van der Waals surface area contributed by atoms with Crippen LogP contribution in [0.2, 0.25) is 5.02 Å². The van der Waals surface area contributed by atoms with Gasteiger partial charge in [0.05, 0.1) is 22.1 Å². The molecular weight excluding hydrogens is 256 g/mol. The Hall–Kier alpha value is -1.33. The van der Waals surface area contributed by atoms with Crippen LogP contribution in [0.25, 0.3) is 0 Å². The molecule has 6 heteroatoms. The second-order valence-electron chi connectivity index (χ2n) is 4.16. The second-order valence-corrected chi connectivity index (χ2v) is 4.57. The van der Waals surface area contributed by atoms with Crippen LogP contribution >= 0.6 is 11.6 Å². The number of aliphatic hydroxyl groups is 1. The molecule has 1 aromatic rings. The number of rotatable bonds is 6. The van der Waals surface area contributed by atoms with E-state index in [2.05, 4.69) is 5.32 Å². The molecule has 0 spiro atoms. The Bertz CT molecular complexity index is 425. The normalized spacial score (nSPS) is 11.3. The molecule has 0 aliphatic heterocycles. The monoisotopic (exact) mass is 272 g/mol. The predicted octanol–water partition coefficient (Wildman–Crippen LogP) is 3.21. The van der Waals surface area contributed by atoms with Gasteiger partial charge in [-0.3, -0.25) is 10.1 Å². The average molecular weight is 273 g/mol. The average Bonchev–Trinajstić information content (AvgIpc) is 2.37. The predicted molar refractivity (Wildman–Crippen MR) is 72.1 cm³/mol. The van der Waals surface area contributed by atoms with Gasteiger partial charge < -0.3 is 10.4 Å². The molecule has 1 aromatic carbocycles. The highest BCUT2D eigenvalue weighted by Crippen LogP contribution is 2.35. The highest BCUT2D eigenvalue weighted by atomic mass is 35.5. The maximum absolute atomic E-state index is 11.0. The first-order valence-corrected chi connectivity index (χ1v) is 6.19. The molecule has 0 atom stereocenters. The zero-order chi connectivity index (χ0) is 13.8. The highest BCUT2D eigenvalue weighted by molar-refractivity contribution is 6.33. The number of anilines is 1. The maximum Gasteiger partial charge on any atom is 0.293 e. The Labute approximate surface area is 111 Å². The van der Waals surface area contributed by atoms with Gasteiger partial charge in [0, 0.05) is 6.07 Å². The third-order valence-corrected chi connectivity index (χ3v) is 3.55. The number of benzene rings is 1. The Morgan fingerprint density at radius 1 is 1.44 bits per heavy atom. The van der Waals surface area contributed by atoms with Gasteiger partial charge in [-0.05, 0) is 18.9 Å². The van der Waals surface area contributed by atoms with Gasteiger partial charge in [0.15, 0.2) is 0 Å². The lowest BCUT2D eigenvalue weighted by Crippen LogP contribution is -2.41. The molecule has 0 heterocycles. The van der Waals surface area contributed by atoms with E-state index in [4.69, 9.17) is 11.6 Å². The van der Waals surface area contributed by atoms with Gasteiger partial charge in [0.1, 0.15) is 5.69 Å². The summed E-state index contributed by atoms with van der Waals surface area (Å²) in [6.45, 7) is 3.72. The number of nitro groups is 1. The summed E-state index contributed by atoms with van der Waals surface area (Å²) >= 11 is 6.00. The van der Waals surface area contributed by atoms with Gasteiger partial charge in [-0.2, -0.15) is 0 Å². The van der Waals surface area contributed by atoms with Crippen LogP contribution < -0.4 is 5.32 Å². The second kappa shape index (κ2) is 6.02. The van der Waals surface area contributed by atoms with Crippen LogP contribution in [0.4, 0.5) is 11.4 Å². The summed E-state index contributed by atoms with van der Waals surface area (Å²) in [5.74, 6) is 0. The lowest BCUT2D eigenvalue weighted by molar-refractivity contribution is -0.384. The molecule has 0 unspecified atom stereocenters. The summed E-state index contributed by atoms with van der Waals surface area (Å²) in [5.41, 5.74) is -0.403. The minimum absolute atomic E-state index is 0.0813. The smallest absolute Gasteiger partial charge is 0.293 e. The third kappa shape index (κ3) is 2.91. The van der Waals surface area contributed by atoms with Crippen molar-refractivity contribution in [3.63, 3.8) is 0 Å². The molecular formula is C12H17ClN2O3. The maximum atomic E-state index is 11.0. The molecule has 0 aromatic heterocycles. The first kappa shape index (κ1) is 14.7. The van der Waals surface area contributed by atoms with Crippen molar-refractivity contribution in [1.29, 1.82) is 0 Å². The number of nitrogens with zero attached hydrogens (tertiary/aromatic N) is 1. The number of para-hydroxylation sites is 1. The highest BCUT2D eigenvalue weighted by Gasteiger charge is 2.29. The molecule has 18 heavy (non-hydrogen) atoms. The van der Waals surface area contributed by atoms with Crippen LogP contribution in [-0.4, -0.2) is 22.2 Å². The number of nitrogens with one attached hydrogen (secondary N) is 1. The van der Waals surface area contributed by atoms with Gasteiger partial charge in [0.2, 0.25) is 0 Å². The van der Waals surface area contributed by atoms with E-state index in [1.54, 1.807) is 6.07 Å². The lowest BCUT2D eigenvalue weighted by atomic mass is 9.93. The molecule has 1 rings (SSSR count). The van der Waals surface area contributed by atoms with Crippen molar-refractivity contribution in [2.24, 2.45) is 0 Å².